The molecule has 0 atom stereocenters. The van der Waals surface area contributed by atoms with Crippen LogP contribution in [0.1, 0.15) is 30.6 Å². The first-order valence-electron chi connectivity index (χ1n) is 7.50. The maximum Gasteiger partial charge on any atom is 0.163 e. The number of thioether (sulfide) groups is 1. The molecule has 2 rings (SSSR count). The number of hydrogen-bond acceptors (Lipinski definition) is 3. The number of hydrogen-bond donors (Lipinski definition) is 0. The quantitative estimate of drug-likeness (QED) is 0.667. The number of carbonyl (C=O) groups excluding carboxylic acids is 1. The first-order valence-corrected chi connectivity index (χ1v) is 8.55. The molecule has 0 bridgehead atoms. The van der Waals surface area contributed by atoms with Crippen molar-refractivity contribution >= 4 is 17.5 Å². The van der Waals surface area contributed by atoms with E-state index >= 15 is 0 Å². The van der Waals surface area contributed by atoms with Gasteiger partial charge in [0.05, 0.1) is 7.11 Å². The van der Waals surface area contributed by atoms with Crippen LogP contribution in [0, 0.1) is 0 Å². The van der Waals surface area contributed by atoms with Crippen LogP contribution in [0.3, 0.4) is 0 Å². The second-order valence-corrected chi connectivity index (χ2v) is 7.06. The lowest BCUT2D eigenvalue weighted by Gasteiger charge is -2.11. The second kappa shape index (κ2) is 8.04. The molecule has 0 fully saturated rings. The summed E-state index contributed by atoms with van der Waals surface area (Å²) in [5.41, 5.74) is 2.78. The Morgan fingerprint density at radius 3 is 2.50 bits per heavy atom. The number of Topliss-reactive ketones (excluding diaryl/α,β-unsaturated/α-hetero) is 1. The molecule has 0 aliphatic carbocycles. The van der Waals surface area contributed by atoms with Gasteiger partial charge in [0.15, 0.2) is 5.78 Å². The van der Waals surface area contributed by atoms with Gasteiger partial charge in [-0.1, -0.05) is 44.2 Å². The third-order valence-electron chi connectivity index (χ3n) is 3.39. The standard InChI is InChI=1S/C19H22O2S/c1-14(2)22-12-11-18(20)16-9-10-19(21-3)17(13-16)15-7-5-4-6-8-15/h4-10,13-14H,11-12H2,1-3H3. The third kappa shape index (κ3) is 4.38. The fraction of sp³-hybridized carbons (Fsp3) is 0.316. The molecule has 0 unspecified atom stereocenters. The van der Waals surface area contributed by atoms with Crippen molar-refractivity contribution in [3.63, 3.8) is 0 Å². The molecule has 0 aliphatic heterocycles. The van der Waals surface area contributed by atoms with Crippen molar-refractivity contribution in [1.82, 2.24) is 0 Å². The fourth-order valence-corrected chi connectivity index (χ4v) is 3.03. The Morgan fingerprint density at radius 2 is 1.86 bits per heavy atom. The molecule has 0 aliphatic rings. The number of carbonyl (C=O) groups is 1. The van der Waals surface area contributed by atoms with E-state index in [0.29, 0.717) is 11.7 Å². The van der Waals surface area contributed by atoms with Gasteiger partial charge in [0.2, 0.25) is 0 Å². The molecule has 0 radical (unpaired) electrons. The molecule has 0 amide bonds. The van der Waals surface area contributed by atoms with Crippen molar-refractivity contribution in [3.8, 4) is 16.9 Å². The summed E-state index contributed by atoms with van der Waals surface area (Å²) in [5.74, 6) is 1.84. The second-order valence-electron chi connectivity index (χ2n) is 5.37. The summed E-state index contributed by atoms with van der Waals surface area (Å²) < 4.78 is 5.43. The van der Waals surface area contributed by atoms with Gasteiger partial charge in [0.25, 0.3) is 0 Å². The summed E-state index contributed by atoms with van der Waals surface area (Å²) in [7, 11) is 1.66. The highest BCUT2D eigenvalue weighted by molar-refractivity contribution is 7.99. The van der Waals surface area contributed by atoms with Crippen LogP contribution in [0.4, 0.5) is 0 Å². The van der Waals surface area contributed by atoms with Gasteiger partial charge in [-0.15, -0.1) is 0 Å². The van der Waals surface area contributed by atoms with Crippen molar-refractivity contribution in [2.45, 2.75) is 25.5 Å². The maximum absolute atomic E-state index is 12.4. The topological polar surface area (TPSA) is 26.3 Å². The van der Waals surface area contributed by atoms with Crippen LogP contribution in [0.25, 0.3) is 11.1 Å². The van der Waals surface area contributed by atoms with E-state index in [2.05, 4.69) is 13.8 Å². The fourth-order valence-electron chi connectivity index (χ4n) is 2.26. The Balaban J connectivity index is 2.22. The lowest BCUT2D eigenvalue weighted by Crippen LogP contribution is -2.03. The Labute approximate surface area is 136 Å². The summed E-state index contributed by atoms with van der Waals surface area (Å²) in [6, 6.07) is 15.7. The molecule has 0 saturated carbocycles. The van der Waals surface area contributed by atoms with Crippen LogP contribution in [-0.4, -0.2) is 23.9 Å². The zero-order valence-electron chi connectivity index (χ0n) is 13.3. The van der Waals surface area contributed by atoms with Gasteiger partial charge in [-0.2, -0.15) is 11.8 Å². The van der Waals surface area contributed by atoms with Gasteiger partial charge in [0, 0.05) is 23.3 Å². The van der Waals surface area contributed by atoms with Crippen LogP contribution >= 0.6 is 11.8 Å². The van der Waals surface area contributed by atoms with Gasteiger partial charge in [-0.05, 0) is 29.0 Å². The van der Waals surface area contributed by atoms with Gasteiger partial charge < -0.3 is 4.74 Å². The van der Waals surface area contributed by atoms with Crippen LogP contribution in [0.2, 0.25) is 0 Å². The van der Waals surface area contributed by atoms with Crippen molar-refractivity contribution in [2.75, 3.05) is 12.9 Å². The molecule has 0 N–H and O–H groups in total. The molecule has 0 aromatic heterocycles. The lowest BCUT2D eigenvalue weighted by molar-refractivity contribution is 0.0989. The monoisotopic (exact) mass is 314 g/mol. The number of methoxy groups -OCH3 is 1. The molecule has 116 valence electrons. The largest absolute Gasteiger partial charge is 0.496 e. The lowest BCUT2D eigenvalue weighted by atomic mass is 9.99. The number of ketones is 1. The molecule has 22 heavy (non-hydrogen) atoms. The predicted octanol–water partition coefficient (Wildman–Crippen LogP) is 5.08. The van der Waals surface area contributed by atoms with Gasteiger partial charge in [-0.3, -0.25) is 4.79 Å². The smallest absolute Gasteiger partial charge is 0.163 e. The summed E-state index contributed by atoms with van der Waals surface area (Å²) in [4.78, 5) is 12.4. The van der Waals surface area contributed by atoms with E-state index in [1.165, 1.54) is 0 Å². The Kier molecular flexibility index (Phi) is 6.08. The van der Waals surface area contributed by atoms with E-state index in [9.17, 15) is 4.79 Å². The number of rotatable bonds is 7. The van der Waals surface area contributed by atoms with E-state index in [-0.39, 0.29) is 5.78 Å². The number of ether oxygens (including phenoxy) is 1. The van der Waals surface area contributed by atoms with E-state index in [4.69, 9.17) is 4.74 Å². The highest BCUT2D eigenvalue weighted by Crippen LogP contribution is 2.31. The SMILES string of the molecule is COc1ccc(C(=O)CCSC(C)C)cc1-c1ccccc1. The van der Waals surface area contributed by atoms with Gasteiger partial charge in [-0.25, -0.2) is 0 Å². The molecular weight excluding hydrogens is 292 g/mol. The van der Waals surface area contributed by atoms with E-state index < -0.39 is 0 Å². The summed E-state index contributed by atoms with van der Waals surface area (Å²) in [6.07, 6.45) is 0.573. The van der Waals surface area contributed by atoms with Crippen LogP contribution < -0.4 is 4.74 Å². The minimum atomic E-state index is 0.188. The highest BCUT2D eigenvalue weighted by Gasteiger charge is 2.12. The average Bonchev–Trinajstić information content (AvgIpc) is 2.54. The minimum Gasteiger partial charge on any atom is -0.496 e. The zero-order valence-corrected chi connectivity index (χ0v) is 14.2. The molecule has 2 aromatic carbocycles. The summed E-state index contributed by atoms with van der Waals surface area (Å²) >= 11 is 1.82. The molecule has 3 heteroatoms. The summed E-state index contributed by atoms with van der Waals surface area (Å²) in [5, 5.41) is 0.559. The highest BCUT2D eigenvalue weighted by atomic mass is 32.2. The molecule has 2 aromatic rings. The Hall–Kier alpha value is -1.74. The minimum absolute atomic E-state index is 0.188. The molecular formula is C19H22O2S. The van der Waals surface area contributed by atoms with Gasteiger partial charge in [0.1, 0.15) is 5.75 Å². The Morgan fingerprint density at radius 1 is 1.14 bits per heavy atom. The van der Waals surface area contributed by atoms with Crippen LogP contribution in [0.5, 0.6) is 5.75 Å². The van der Waals surface area contributed by atoms with Crippen LogP contribution in [-0.2, 0) is 0 Å². The first-order chi connectivity index (χ1) is 10.6. The van der Waals surface area contributed by atoms with Crippen molar-refractivity contribution in [1.29, 1.82) is 0 Å². The van der Waals surface area contributed by atoms with E-state index in [0.717, 1.165) is 28.2 Å². The van der Waals surface area contributed by atoms with Crippen molar-refractivity contribution < 1.29 is 9.53 Å². The molecule has 0 spiro atoms. The first kappa shape index (κ1) is 16.6. The molecule has 0 heterocycles. The number of benzene rings is 2. The van der Waals surface area contributed by atoms with Gasteiger partial charge >= 0.3 is 0 Å². The van der Waals surface area contributed by atoms with Crippen LogP contribution in [0.15, 0.2) is 48.5 Å². The Bertz CT molecular complexity index is 621. The normalized spacial score (nSPS) is 10.7. The van der Waals surface area contributed by atoms with E-state index in [1.54, 1.807) is 7.11 Å². The predicted molar refractivity (Wildman–Crippen MR) is 95.0 cm³/mol. The zero-order chi connectivity index (χ0) is 15.9. The molecule has 0 saturated heterocycles. The average molecular weight is 314 g/mol. The van der Waals surface area contributed by atoms with Crippen molar-refractivity contribution in [3.05, 3.63) is 54.1 Å². The van der Waals surface area contributed by atoms with E-state index in [1.807, 2.05) is 60.3 Å². The maximum atomic E-state index is 12.4. The van der Waals surface area contributed by atoms with Crippen molar-refractivity contribution in [2.24, 2.45) is 0 Å². The third-order valence-corrected chi connectivity index (χ3v) is 4.49. The summed E-state index contributed by atoms with van der Waals surface area (Å²) in [6.45, 7) is 4.30. The molecule has 2 nitrogen and oxygen atoms in total.